The number of rotatable bonds is 5. The molecule has 17 heavy (non-hydrogen) atoms. The second-order valence-electron chi connectivity index (χ2n) is 3.55. The zero-order valence-corrected chi connectivity index (χ0v) is 10.5. The Morgan fingerprint density at radius 3 is 3.00 bits per heavy atom. The van der Waals surface area contributed by atoms with Gasteiger partial charge in [-0.1, -0.05) is 5.92 Å². The molecule has 5 nitrogen and oxygen atoms in total. The molecule has 0 aromatic heterocycles. The molecule has 0 aromatic rings. The zero-order chi connectivity index (χ0) is 12.8. The number of hydrogen-bond acceptors (Lipinski definition) is 4. The predicted molar refractivity (Wildman–Crippen MR) is 68.6 cm³/mol. The lowest BCUT2D eigenvalue weighted by Crippen LogP contribution is -2.31. The highest BCUT2D eigenvalue weighted by atomic mass is 32.2. The third kappa shape index (κ3) is 3.49. The lowest BCUT2D eigenvalue weighted by atomic mass is 10.4. The molecule has 0 radical (unpaired) electrons. The minimum atomic E-state index is -0.319. The van der Waals surface area contributed by atoms with Crippen molar-refractivity contribution in [3.8, 4) is 12.3 Å². The molecule has 1 aliphatic heterocycles. The van der Waals surface area contributed by atoms with Crippen LogP contribution in [0, 0.1) is 12.3 Å². The van der Waals surface area contributed by atoms with Gasteiger partial charge in [0.25, 0.3) is 0 Å². The first-order valence-corrected chi connectivity index (χ1v) is 6.25. The third-order valence-electron chi connectivity index (χ3n) is 2.42. The van der Waals surface area contributed by atoms with E-state index in [1.54, 1.807) is 7.05 Å². The molecule has 1 atom stereocenters. The number of terminal acetylenes is 1. The summed E-state index contributed by atoms with van der Waals surface area (Å²) < 4.78 is 0. The molecular formula is C11H15N3O2S. The van der Waals surface area contributed by atoms with Crippen LogP contribution in [-0.2, 0) is 9.59 Å². The van der Waals surface area contributed by atoms with Gasteiger partial charge in [-0.05, 0) is 0 Å². The number of amides is 2. The zero-order valence-electron chi connectivity index (χ0n) is 9.68. The van der Waals surface area contributed by atoms with Gasteiger partial charge in [-0.25, -0.2) is 0 Å². The molecule has 2 N–H and O–H groups in total. The maximum atomic E-state index is 11.8. The minimum absolute atomic E-state index is 0.0628. The van der Waals surface area contributed by atoms with Crippen LogP contribution >= 0.6 is 11.8 Å². The summed E-state index contributed by atoms with van der Waals surface area (Å²) in [5.74, 6) is 3.16. The Hall–Kier alpha value is -1.48. The number of imide groups is 1. The summed E-state index contributed by atoms with van der Waals surface area (Å²) in [5.41, 5.74) is 5.54. The number of nitrogens with two attached hydrogens (primary N) is 1. The summed E-state index contributed by atoms with van der Waals surface area (Å²) in [4.78, 5) is 28.2. The highest BCUT2D eigenvalue weighted by Crippen LogP contribution is 2.25. The smallest absolute Gasteiger partial charge is 0.243 e. The fraction of sp³-hybridized carbons (Fsp3) is 0.545. The SMILES string of the molecule is C#CCN1C(=O)CC(SCCC(N)=NC)C1=O. The monoisotopic (exact) mass is 253 g/mol. The van der Waals surface area contributed by atoms with Gasteiger partial charge in [-0.2, -0.15) is 0 Å². The van der Waals surface area contributed by atoms with Crippen LogP contribution in [0.15, 0.2) is 4.99 Å². The molecule has 0 aliphatic carbocycles. The molecule has 1 fully saturated rings. The molecule has 1 aliphatic rings. The predicted octanol–water partition coefficient (Wildman–Crippen LogP) is -0.143. The first kappa shape index (κ1) is 13.6. The first-order valence-electron chi connectivity index (χ1n) is 5.20. The van der Waals surface area contributed by atoms with Crippen molar-refractivity contribution in [1.29, 1.82) is 0 Å². The second-order valence-corrected chi connectivity index (χ2v) is 4.86. The van der Waals surface area contributed by atoms with Crippen molar-refractivity contribution in [2.45, 2.75) is 18.1 Å². The van der Waals surface area contributed by atoms with Gasteiger partial charge in [0.15, 0.2) is 0 Å². The third-order valence-corrected chi connectivity index (χ3v) is 3.63. The van der Waals surface area contributed by atoms with Gasteiger partial charge < -0.3 is 5.73 Å². The van der Waals surface area contributed by atoms with Crippen molar-refractivity contribution in [3.63, 3.8) is 0 Å². The Kier molecular flexibility index (Phi) is 5.04. The first-order chi connectivity index (χ1) is 8.10. The number of likely N-dealkylation sites (tertiary alicyclic amines) is 1. The molecule has 6 heteroatoms. The van der Waals surface area contributed by atoms with Gasteiger partial charge in [0, 0.05) is 25.6 Å². The van der Waals surface area contributed by atoms with Crippen molar-refractivity contribution in [2.75, 3.05) is 19.3 Å². The maximum Gasteiger partial charge on any atom is 0.243 e. The largest absolute Gasteiger partial charge is 0.387 e. The number of nitrogens with zero attached hydrogens (tertiary/aromatic N) is 2. The molecule has 0 bridgehead atoms. The van der Waals surface area contributed by atoms with Crippen molar-refractivity contribution in [3.05, 3.63) is 0 Å². The van der Waals surface area contributed by atoms with Crippen LogP contribution in [-0.4, -0.2) is 47.1 Å². The van der Waals surface area contributed by atoms with Gasteiger partial charge in [-0.15, -0.1) is 18.2 Å². The molecular weight excluding hydrogens is 238 g/mol. The summed E-state index contributed by atoms with van der Waals surface area (Å²) >= 11 is 1.43. The molecule has 1 rings (SSSR count). The van der Waals surface area contributed by atoms with E-state index in [0.717, 1.165) is 4.90 Å². The number of amidine groups is 1. The van der Waals surface area contributed by atoms with Crippen molar-refractivity contribution in [1.82, 2.24) is 4.90 Å². The molecule has 1 unspecified atom stereocenters. The second kappa shape index (κ2) is 6.30. The Balaban J connectivity index is 2.44. The van der Waals surface area contributed by atoms with Crippen molar-refractivity contribution in [2.24, 2.45) is 10.7 Å². The van der Waals surface area contributed by atoms with E-state index in [0.29, 0.717) is 18.0 Å². The fourth-order valence-corrected chi connectivity index (χ4v) is 2.60. The van der Waals surface area contributed by atoms with Gasteiger partial charge in [-0.3, -0.25) is 19.5 Å². The van der Waals surface area contributed by atoms with Gasteiger partial charge in [0.2, 0.25) is 11.8 Å². The van der Waals surface area contributed by atoms with E-state index < -0.39 is 0 Å². The van der Waals surface area contributed by atoms with E-state index >= 15 is 0 Å². The van der Waals surface area contributed by atoms with Crippen LogP contribution in [0.4, 0.5) is 0 Å². The maximum absolute atomic E-state index is 11.8. The van der Waals surface area contributed by atoms with E-state index in [1.165, 1.54) is 11.8 Å². The van der Waals surface area contributed by atoms with Crippen LogP contribution in [0.25, 0.3) is 0 Å². The molecule has 2 amide bonds. The van der Waals surface area contributed by atoms with Gasteiger partial charge >= 0.3 is 0 Å². The van der Waals surface area contributed by atoms with Gasteiger partial charge in [0.05, 0.1) is 17.6 Å². The van der Waals surface area contributed by atoms with E-state index in [4.69, 9.17) is 12.2 Å². The van der Waals surface area contributed by atoms with Crippen LogP contribution in [0.2, 0.25) is 0 Å². The Morgan fingerprint density at radius 1 is 1.71 bits per heavy atom. The highest BCUT2D eigenvalue weighted by Gasteiger charge is 2.37. The average molecular weight is 253 g/mol. The number of hydrogen-bond donors (Lipinski definition) is 1. The lowest BCUT2D eigenvalue weighted by Gasteiger charge is -2.10. The Morgan fingerprint density at radius 2 is 2.41 bits per heavy atom. The molecule has 0 spiro atoms. The number of carbonyl (C=O) groups excluding carboxylic acids is 2. The van der Waals surface area contributed by atoms with Crippen molar-refractivity contribution >= 4 is 29.4 Å². The quantitative estimate of drug-likeness (QED) is 0.320. The van der Waals surface area contributed by atoms with Crippen LogP contribution in [0.5, 0.6) is 0 Å². The average Bonchev–Trinajstić information content (AvgIpc) is 2.57. The van der Waals surface area contributed by atoms with E-state index in [-0.39, 0.29) is 30.0 Å². The number of carbonyl (C=O) groups is 2. The summed E-state index contributed by atoms with van der Waals surface area (Å²) in [5, 5.41) is -0.319. The van der Waals surface area contributed by atoms with Gasteiger partial charge in [0.1, 0.15) is 0 Å². The van der Waals surface area contributed by atoms with Crippen molar-refractivity contribution < 1.29 is 9.59 Å². The summed E-state index contributed by atoms with van der Waals surface area (Å²) in [7, 11) is 1.62. The normalized spacial score (nSPS) is 20.8. The number of thioether (sulfide) groups is 1. The highest BCUT2D eigenvalue weighted by molar-refractivity contribution is 8.00. The molecule has 0 aromatic carbocycles. The Bertz CT molecular complexity index is 387. The summed E-state index contributed by atoms with van der Waals surface area (Å²) in [6.45, 7) is 0.0628. The summed E-state index contributed by atoms with van der Waals surface area (Å²) in [6, 6.07) is 0. The topological polar surface area (TPSA) is 75.8 Å². The molecule has 1 saturated heterocycles. The lowest BCUT2D eigenvalue weighted by molar-refractivity contribution is -0.137. The molecule has 0 saturated carbocycles. The van der Waals surface area contributed by atoms with E-state index in [9.17, 15) is 9.59 Å². The standard InChI is InChI=1S/C11H15N3O2S/c1-3-5-14-10(15)7-8(11(14)16)17-6-4-9(12)13-2/h1,8H,4-7H2,2H3,(H2,12,13). The van der Waals surface area contributed by atoms with Crippen LogP contribution < -0.4 is 5.73 Å². The van der Waals surface area contributed by atoms with E-state index in [2.05, 4.69) is 10.9 Å². The fourth-order valence-electron chi connectivity index (χ4n) is 1.46. The molecule has 92 valence electrons. The van der Waals surface area contributed by atoms with Crippen LogP contribution in [0.3, 0.4) is 0 Å². The minimum Gasteiger partial charge on any atom is -0.387 e. The number of aliphatic imine (C=N–C) groups is 1. The Labute approximate surface area is 105 Å². The molecule has 1 heterocycles. The van der Waals surface area contributed by atoms with Crippen LogP contribution in [0.1, 0.15) is 12.8 Å². The van der Waals surface area contributed by atoms with E-state index in [1.807, 2.05) is 0 Å². The summed E-state index contributed by atoms with van der Waals surface area (Å²) in [6.07, 6.45) is 5.95.